The number of hydrogen-bond acceptors (Lipinski definition) is 5. The van der Waals surface area contributed by atoms with Crippen LogP contribution < -0.4 is 21.5 Å². The summed E-state index contributed by atoms with van der Waals surface area (Å²) in [4.78, 5) is 17.4. The second-order valence-corrected chi connectivity index (χ2v) is 8.91. The number of nitrogens with zero attached hydrogens (tertiary/aromatic N) is 2. The van der Waals surface area contributed by atoms with Gasteiger partial charge in [0.2, 0.25) is 10.0 Å². The molecule has 1 amide bonds. The van der Waals surface area contributed by atoms with E-state index in [4.69, 9.17) is 11.5 Å². The average molecular weight is 481 g/mol. The first-order chi connectivity index (χ1) is 14.6. The molecule has 0 bridgehead atoms. The van der Waals surface area contributed by atoms with Gasteiger partial charge < -0.3 is 21.7 Å². The number of hydrogen-bond donors (Lipinski definition) is 4. The van der Waals surface area contributed by atoms with E-state index >= 15 is 0 Å². The lowest BCUT2D eigenvalue weighted by molar-refractivity contribution is -0.114. The van der Waals surface area contributed by atoms with E-state index in [-0.39, 0.29) is 23.3 Å². The van der Waals surface area contributed by atoms with E-state index in [2.05, 4.69) is 15.0 Å². The first-order valence-corrected chi connectivity index (χ1v) is 11.0. The van der Waals surface area contributed by atoms with Gasteiger partial charge in [0.1, 0.15) is 0 Å². The van der Waals surface area contributed by atoms with E-state index in [9.17, 15) is 13.2 Å². The molecule has 0 heterocycles. The summed E-state index contributed by atoms with van der Waals surface area (Å²) in [7, 11) is 0.219. The number of likely N-dealkylation sites (N-methyl/N-ethyl adjacent to an activating group) is 1. The lowest BCUT2D eigenvalue weighted by atomic mass is 10.1. The van der Waals surface area contributed by atoms with Gasteiger partial charge >= 0.3 is 0 Å². The van der Waals surface area contributed by atoms with Crippen LogP contribution in [0.4, 0.5) is 11.4 Å². The minimum absolute atomic E-state index is 0. The third-order valence-electron chi connectivity index (χ3n) is 4.17. The van der Waals surface area contributed by atoms with E-state index in [0.717, 1.165) is 16.9 Å². The van der Waals surface area contributed by atoms with Gasteiger partial charge in [-0.3, -0.25) is 4.79 Å². The number of benzene rings is 2. The number of guanidine groups is 1. The maximum absolute atomic E-state index is 12.3. The maximum atomic E-state index is 12.3. The molecule has 0 saturated carbocycles. The molecule has 0 unspecified atom stereocenters. The van der Waals surface area contributed by atoms with Crippen molar-refractivity contribution in [3.8, 4) is 0 Å². The van der Waals surface area contributed by atoms with E-state index in [1.54, 1.807) is 37.3 Å². The standard InChI is InChI=1S/C21H28N6O3S.ClH/c1-15(20(28)26-21(22)23)14-16-4-6-17(7-5-16)25-18-8-10-19(11-9-18)31(29,30)24-12-13-27(2)3;/h4-11,14,24-25H,12-13H2,1-3H3,(H4,22,23,26,28);1H. The first-order valence-electron chi connectivity index (χ1n) is 9.50. The van der Waals surface area contributed by atoms with E-state index in [1.807, 2.05) is 43.3 Å². The van der Waals surface area contributed by atoms with Gasteiger partial charge in [-0.2, -0.15) is 4.99 Å². The minimum atomic E-state index is -3.54. The fraction of sp³-hybridized carbons (Fsp3) is 0.238. The van der Waals surface area contributed by atoms with E-state index in [1.165, 1.54) is 0 Å². The summed E-state index contributed by atoms with van der Waals surface area (Å²) in [5.74, 6) is -0.770. The number of amides is 1. The number of nitrogens with one attached hydrogen (secondary N) is 2. The van der Waals surface area contributed by atoms with Crippen molar-refractivity contribution in [1.82, 2.24) is 9.62 Å². The Morgan fingerprint density at radius 2 is 1.56 bits per heavy atom. The molecule has 2 rings (SSSR count). The van der Waals surface area contributed by atoms with Crippen LogP contribution in [0.2, 0.25) is 0 Å². The summed E-state index contributed by atoms with van der Waals surface area (Å²) in [5, 5.41) is 3.21. The van der Waals surface area contributed by atoms with Crippen molar-refractivity contribution in [1.29, 1.82) is 0 Å². The molecule has 6 N–H and O–H groups in total. The Kier molecular flexibility index (Phi) is 10.3. The molecule has 32 heavy (non-hydrogen) atoms. The van der Waals surface area contributed by atoms with Crippen molar-refractivity contribution in [2.24, 2.45) is 16.5 Å². The Morgan fingerprint density at radius 3 is 2.06 bits per heavy atom. The SMILES string of the molecule is CC(=Cc1ccc(Nc2ccc(S(=O)(=O)NCCN(C)C)cc2)cc1)C(=O)N=C(N)N.Cl. The van der Waals surface area contributed by atoms with Gasteiger partial charge in [-0.15, -0.1) is 12.4 Å². The van der Waals surface area contributed by atoms with Crippen LogP contribution in [0.3, 0.4) is 0 Å². The van der Waals surface area contributed by atoms with Crippen molar-refractivity contribution < 1.29 is 13.2 Å². The molecule has 174 valence electrons. The summed E-state index contributed by atoms with van der Waals surface area (Å²) in [5.41, 5.74) is 13.2. The van der Waals surface area contributed by atoms with Gasteiger partial charge in [0.15, 0.2) is 5.96 Å². The number of nitrogens with two attached hydrogens (primary N) is 2. The second kappa shape index (κ2) is 12.2. The molecule has 0 atom stereocenters. The quantitative estimate of drug-likeness (QED) is 0.244. The molecule has 2 aromatic rings. The Hall–Kier alpha value is -2.92. The zero-order valence-electron chi connectivity index (χ0n) is 18.2. The number of carbonyl (C=O) groups excluding carboxylic acids is 1. The van der Waals surface area contributed by atoms with Crippen molar-refractivity contribution in [3.05, 3.63) is 59.7 Å². The smallest absolute Gasteiger partial charge is 0.275 e. The molecule has 0 fully saturated rings. The molecule has 9 nitrogen and oxygen atoms in total. The molecule has 0 aliphatic heterocycles. The third-order valence-corrected chi connectivity index (χ3v) is 5.64. The predicted octanol–water partition coefficient (Wildman–Crippen LogP) is 1.90. The van der Waals surface area contributed by atoms with Crippen molar-refractivity contribution in [2.45, 2.75) is 11.8 Å². The highest BCUT2D eigenvalue weighted by molar-refractivity contribution is 7.89. The molecule has 0 saturated heterocycles. The van der Waals surface area contributed by atoms with Crippen LogP contribution in [0.1, 0.15) is 12.5 Å². The normalized spacial score (nSPS) is 11.6. The molecular formula is C21H29ClN6O3S. The van der Waals surface area contributed by atoms with E-state index < -0.39 is 15.9 Å². The van der Waals surface area contributed by atoms with Gasteiger partial charge in [0.25, 0.3) is 5.91 Å². The molecule has 2 aromatic carbocycles. The van der Waals surface area contributed by atoms with Crippen LogP contribution in [0.25, 0.3) is 6.08 Å². The molecule has 0 radical (unpaired) electrons. The zero-order chi connectivity index (χ0) is 23.0. The number of anilines is 2. The molecular weight excluding hydrogens is 452 g/mol. The molecule has 0 aromatic heterocycles. The molecule has 11 heteroatoms. The summed E-state index contributed by atoms with van der Waals surface area (Å²) >= 11 is 0. The van der Waals surface area contributed by atoms with Crippen LogP contribution >= 0.6 is 12.4 Å². The Bertz CT molecular complexity index is 1060. The summed E-state index contributed by atoms with van der Waals surface area (Å²) in [6.45, 7) is 2.59. The highest BCUT2D eigenvalue weighted by atomic mass is 35.5. The fourth-order valence-corrected chi connectivity index (χ4v) is 3.57. The van der Waals surface area contributed by atoms with Crippen molar-refractivity contribution in [3.63, 3.8) is 0 Å². The fourth-order valence-electron chi connectivity index (χ4n) is 2.55. The van der Waals surface area contributed by atoms with Crippen molar-refractivity contribution >= 4 is 51.7 Å². The Morgan fingerprint density at radius 1 is 1.03 bits per heavy atom. The van der Waals surface area contributed by atoms with Crippen LogP contribution in [-0.4, -0.2) is 52.4 Å². The van der Waals surface area contributed by atoms with Crippen molar-refractivity contribution in [2.75, 3.05) is 32.5 Å². The number of halogens is 1. The molecule has 0 aliphatic carbocycles. The summed E-state index contributed by atoms with van der Waals surface area (Å²) in [6.07, 6.45) is 1.68. The lowest BCUT2D eigenvalue weighted by Crippen LogP contribution is -2.31. The Balaban J connectivity index is 0.00000512. The van der Waals surface area contributed by atoms with Gasteiger partial charge in [-0.05, 0) is 69.1 Å². The van der Waals surface area contributed by atoms with E-state index in [0.29, 0.717) is 18.7 Å². The number of carbonyl (C=O) groups is 1. The Labute approximate surface area is 195 Å². The van der Waals surface area contributed by atoms with Crippen LogP contribution in [-0.2, 0) is 14.8 Å². The minimum Gasteiger partial charge on any atom is -0.370 e. The number of rotatable bonds is 9. The van der Waals surface area contributed by atoms with Gasteiger partial charge in [-0.25, -0.2) is 13.1 Å². The number of aliphatic imine (C=N–C) groups is 1. The first kappa shape index (κ1) is 27.1. The second-order valence-electron chi connectivity index (χ2n) is 7.14. The van der Waals surface area contributed by atoms with Gasteiger partial charge in [-0.1, -0.05) is 12.1 Å². The van der Waals surface area contributed by atoms with Gasteiger partial charge in [0.05, 0.1) is 4.90 Å². The predicted molar refractivity (Wildman–Crippen MR) is 132 cm³/mol. The largest absolute Gasteiger partial charge is 0.370 e. The molecule has 0 aliphatic rings. The monoisotopic (exact) mass is 480 g/mol. The van der Waals surface area contributed by atoms with Crippen LogP contribution in [0, 0.1) is 0 Å². The summed E-state index contributed by atoms with van der Waals surface area (Å²) < 4.78 is 27.2. The highest BCUT2D eigenvalue weighted by Crippen LogP contribution is 2.20. The van der Waals surface area contributed by atoms with Crippen LogP contribution in [0.15, 0.2) is 64.0 Å². The average Bonchev–Trinajstić information content (AvgIpc) is 2.69. The van der Waals surface area contributed by atoms with Gasteiger partial charge in [0, 0.05) is 30.0 Å². The maximum Gasteiger partial charge on any atom is 0.275 e. The van der Waals surface area contributed by atoms with Crippen LogP contribution in [0.5, 0.6) is 0 Å². The summed E-state index contributed by atoms with van der Waals surface area (Å²) in [6, 6.07) is 13.9. The third kappa shape index (κ3) is 8.67. The zero-order valence-corrected chi connectivity index (χ0v) is 19.8. The highest BCUT2D eigenvalue weighted by Gasteiger charge is 2.13. The molecule has 0 spiro atoms. The number of sulfonamides is 1. The lowest BCUT2D eigenvalue weighted by Gasteiger charge is -2.12. The topological polar surface area (TPSA) is 143 Å².